The third kappa shape index (κ3) is 2.16. The zero-order valence-electron chi connectivity index (χ0n) is 13.4. The number of H-pyrrole nitrogens is 1. The molecule has 1 aromatic heterocycles. The number of carbonyl (C=O) groups excluding carboxylic acids is 1. The van der Waals surface area contributed by atoms with Crippen molar-refractivity contribution in [1.82, 2.24) is 15.3 Å². The molecule has 4 aliphatic rings. The maximum absolute atomic E-state index is 12.7. The molecule has 1 aromatic rings. The SMILES string of the molecule is O=C(NC1(c2nc(C3CC3)cc(=O)[nH]2)CCCCC1)C12CC1C2. The monoisotopic (exact) mass is 313 g/mol. The lowest BCUT2D eigenvalue weighted by Crippen LogP contribution is -2.50. The van der Waals surface area contributed by atoms with Gasteiger partial charge in [-0.25, -0.2) is 4.98 Å². The summed E-state index contributed by atoms with van der Waals surface area (Å²) in [6.45, 7) is 0. The van der Waals surface area contributed by atoms with Crippen LogP contribution < -0.4 is 10.9 Å². The van der Waals surface area contributed by atoms with Gasteiger partial charge < -0.3 is 10.3 Å². The molecular formula is C18H23N3O2. The zero-order valence-corrected chi connectivity index (χ0v) is 13.4. The third-order valence-electron chi connectivity index (χ3n) is 6.41. The molecule has 5 heteroatoms. The van der Waals surface area contributed by atoms with E-state index in [0.29, 0.717) is 17.7 Å². The fourth-order valence-electron chi connectivity index (χ4n) is 4.28. The highest BCUT2D eigenvalue weighted by atomic mass is 16.2. The van der Waals surface area contributed by atoms with E-state index in [0.717, 1.165) is 57.1 Å². The van der Waals surface area contributed by atoms with Crippen molar-refractivity contribution in [3.8, 4) is 0 Å². The van der Waals surface area contributed by atoms with Crippen LogP contribution in [0.1, 0.15) is 75.2 Å². The molecule has 23 heavy (non-hydrogen) atoms. The fraction of sp³-hybridized carbons (Fsp3) is 0.722. The average Bonchev–Trinajstić information content (AvgIpc) is 3.40. The van der Waals surface area contributed by atoms with Gasteiger partial charge in [0.15, 0.2) is 0 Å². The van der Waals surface area contributed by atoms with Gasteiger partial charge in [0, 0.05) is 12.0 Å². The second kappa shape index (κ2) is 4.46. The van der Waals surface area contributed by atoms with Crippen LogP contribution in [0, 0.1) is 11.3 Å². The Morgan fingerprint density at radius 2 is 1.91 bits per heavy atom. The van der Waals surface area contributed by atoms with Crippen molar-refractivity contribution in [1.29, 1.82) is 0 Å². The number of hydrogen-bond donors (Lipinski definition) is 2. The van der Waals surface area contributed by atoms with Gasteiger partial charge in [-0.2, -0.15) is 0 Å². The van der Waals surface area contributed by atoms with Gasteiger partial charge in [-0.1, -0.05) is 19.3 Å². The predicted octanol–water partition coefficient (Wildman–Crippen LogP) is 2.33. The maximum atomic E-state index is 12.7. The summed E-state index contributed by atoms with van der Waals surface area (Å²) in [6.07, 6.45) is 9.48. The topological polar surface area (TPSA) is 74.8 Å². The molecule has 5 rings (SSSR count). The number of carbonyl (C=O) groups is 1. The van der Waals surface area contributed by atoms with Crippen molar-refractivity contribution in [2.24, 2.45) is 11.3 Å². The highest BCUT2D eigenvalue weighted by Crippen LogP contribution is 2.75. The minimum absolute atomic E-state index is 0.0428. The van der Waals surface area contributed by atoms with Gasteiger partial charge in [0.05, 0.1) is 16.6 Å². The molecule has 5 nitrogen and oxygen atoms in total. The normalized spacial score (nSPS) is 33.7. The van der Waals surface area contributed by atoms with E-state index in [-0.39, 0.29) is 16.9 Å². The Morgan fingerprint density at radius 3 is 2.52 bits per heavy atom. The highest BCUT2D eigenvalue weighted by Gasteiger charge is 2.75. The van der Waals surface area contributed by atoms with E-state index in [1.165, 1.54) is 6.42 Å². The first-order valence-electron chi connectivity index (χ1n) is 9.06. The average molecular weight is 313 g/mol. The third-order valence-corrected chi connectivity index (χ3v) is 6.41. The molecule has 1 amide bonds. The summed E-state index contributed by atoms with van der Waals surface area (Å²) in [5.74, 6) is 1.98. The van der Waals surface area contributed by atoms with Gasteiger partial charge in [-0.15, -0.1) is 0 Å². The summed E-state index contributed by atoms with van der Waals surface area (Å²) in [6, 6.07) is 1.63. The number of fused-ring (bicyclic) bond motifs is 1. The fourth-order valence-corrected chi connectivity index (χ4v) is 4.28. The lowest BCUT2D eigenvalue weighted by molar-refractivity contribution is -0.127. The smallest absolute Gasteiger partial charge is 0.251 e. The quantitative estimate of drug-likeness (QED) is 0.896. The highest BCUT2D eigenvalue weighted by molar-refractivity contribution is 5.90. The van der Waals surface area contributed by atoms with Crippen molar-refractivity contribution in [3.05, 3.63) is 27.9 Å². The van der Waals surface area contributed by atoms with Gasteiger partial charge in [0.2, 0.25) is 5.91 Å². The molecule has 0 unspecified atom stereocenters. The Kier molecular flexibility index (Phi) is 2.67. The number of amides is 1. The van der Waals surface area contributed by atoms with Crippen LogP contribution >= 0.6 is 0 Å². The molecule has 0 spiro atoms. The second-order valence-electron chi connectivity index (χ2n) is 8.15. The number of rotatable bonds is 4. The number of hydrogen-bond acceptors (Lipinski definition) is 3. The van der Waals surface area contributed by atoms with Crippen LogP contribution in [0.4, 0.5) is 0 Å². The van der Waals surface area contributed by atoms with Crippen molar-refractivity contribution in [2.75, 3.05) is 0 Å². The first-order chi connectivity index (χ1) is 11.1. The molecule has 0 aliphatic heterocycles. The van der Waals surface area contributed by atoms with Crippen LogP contribution in [0.2, 0.25) is 0 Å². The second-order valence-corrected chi connectivity index (χ2v) is 8.15. The molecule has 0 bridgehead atoms. The summed E-state index contributed by atoms with van der Waals surface area (Å²) in [5.41, 5.74) is 0.338. The van der Waals surface area contributed by atoms with E-state index < -0.39 is 5.54 Å². The summed E-state index contributed by atoms with van der Waals surface area (Å²) in [5, 5.41) is 3.33. The van der Waals surface area contributed by atoms with Crippen LogP contribution in [0.3, 0.4) is 0 Å². The molecule has 2 N–H and O–H groups in total. The minimum atomic E-state index is -0.454. The first kappa shape index (κ1) is 13.8. The number of aromatic nitrogens is 2. The van der Waals surface area contributed by atoms with E-state index in [1.54, 1.807) is 6.07 Å². The van der Waals surface area contributed by atoms with Gasteiger partial charge in [0.1, 0.15) is 5.82 Å². The van der Waals surface area contributed by atoms with E-state index in [2.05, 4.69) is 10.3 Å². The Labute approximate surface area is 135 Å². The van der Waals surface area contributed by atoms with Crippen molar-refractivity contribution in [2.45, 2.75) is 69.2 Å². The van der Waals surface area contributed by atoms with E-state index in [4.69, 9.17) is 4.98 Å². The number of nitrogens with zero attached hydrogens (tertiary/aromatic N) is 1. The Hall–Kier alpha value is -1.65. The molecule has 0 saturated heterocycles. The lowest BCUT2D eigenvalue weighted by Gasteiger charge is -2.37. The van der Waals surface area contributed by atoms with Gasteiger partial charge in [-0.3, -0.25) is 9.59 Å². The van der Waals surface area contributed by atoms with Gasteiger partial charge in [-0.05, 0) is 44.4 Å². The van der Waals surface area contributed by atoms with E-state index >= 15 is 0 Å². The summed E-state index contributed by atoms with van der Waals surface area (Å²) < 4.78 is 0. The molecule has 0 atom stereocenters. The molecule has 1 heterocycles. The van der Waals surface area contributed by atoms with Crippen LogP contribution in [-0.4, -0.2) is 15.9 Å². The standard InChI is InChI=1S/C18H23N3O2/c22-14-8-13(11-4-5-11)19-15(20-14)18(6-2-1-3-7-18)21-16(23)17-9-12(17)10-17/h8,11-12H,1-7,9-10H2,(H,21,23)(H,19,20,22). The van der Waals surface area contributed by atoms with Crippen LogP contribution in [-0.2, 0) is 10.3 Å². The van der Waals surface area contributed by atoms with Crippen LogP contribution in [0.25, 0.3) is 0 Å². The molecule has 0 aromatic carbocycles. The molecule has 0 radical (unpaired) electrons. The largest absolute Gasteiger partial charge is 0.343 e. The first-order valence-corrected chi connectivity index (χ1v) is 9.06. The summed E-state index contributed by atoms with van der Waals surface area (Å²) in [4.78, 5) is 32.6. The molecule has 122 valence electrons. The lowest BCUT2D eigenvalue weighted by atomic mass is 9.80. The van der Waals surface area contributed by atoms with Crippen molar-refractivity contribution in [3.63, 3.8) is 0 Å². The van der Waals surface area contributed by atoms with Gasteiger partial charge in [0.25, 0.3) is 5.56 Å². The Balaban J connectivity index is 1.51. The predicted molar refractivity (Wildman–Crippen MR) is 84.9 cm³/mol. The number of aromatic amines is 1. The summed E-state index contributed by atoms with van der Waals surface area (Å²) in [7, 11) is 0. The van der Waals surface area contributed by atoms with E-state index in [1.807, 2.05) is 0 Å². The summed E-state index contributed by atoms with van der Waals surface area (Å²) >= 11 is 0. The minimum Gasteiger partial charge on any atom is -0.343 e. The maximum Gasteiger partial charge on any atom is 0.251 e. The number of nitrogens with one attached hydrogen (secondary N) is 2. The molecule has 4 fully saturated rings. The Bertz CT molecular complexity index is 722. The zero-order chi connectivity index (χ0) is 15.7. The van der Waals surface area contributed by atoms with Crippen molar-refractivity contribution < 1.29 is 4.79 Å². The van der Waals surface area contributed by atoms with Crippen molar-refractivity contribution >= 4 is 5.91 Å². The molecule has 4 aliphatic carbocycles. The molecule has 4 saturated carbocycles. The molecular weight excluding hydrogens is 290 g/mol. The van der Waals surface area contributed by atoms with Crippen LogP contribution in [0.5, 0.6) is 0 Å². The van der Waals surface area contributed by atoms with Gasteiger partial charge >= 0.3 is 0 Å². The Morgan fingerprint density at radius 1 is 1.22 bits per heavy atom. The van der Waals surface area contributed by atoms with Crippen LogP contribution in [0.15, 0.2) is 10.9 Å². The van der Waals surface area contributed by atoms with E-state index in [9.17, 15) is 9.59 Å².